The summed E-state index contributed by atoms with van der Waals surface area (Å²) in [4.78, 5) is 0. The van der Waals surface area contributed by atoms with Crippen molar-refractivity contribution in [3.8, 4) is 0 Å². The molecule has 0 saturated carbocycles. The molecule has 0 bridgehead atoms. The molecule has 2 rings (SSSR count). The minimum absolute atomic E-state index is 0.235. The van der Waals surface area contributed by atoms with Crippen LogP contribution in [0.5, 0.6) is 0 Å². The van der Waals surface area contributed by atoms with Crippen LogP contribution < -0.4 is 5.32 Å². The first-order valence-corrected chi connectivity index (χ1v) is 8.39. The molecule has 0 aromatic heterocycles. The molecule has 0 aliphatic rings. The van der Waals surface area contributed by atoms with Crippen molar-refractivity contribution in [1.29, 1.82) is 0 Å². The lowest BCUT2D eigenvalue weighted by molar-refractivity contribution is 0.594. The molecule has 1 unspecified atom stereocenters. The second-order valence-electron chi connectivity index (χ2n) is 5.70. The van der Waals surface area contributed by atoms with Crippen LogP contribution in [0.2, 0.25) is 0 Å². The fraction of sp³-hybridized carbons (Fsp3) is 0.368. The molecule has 0 radical (unpaired) electrons. The van der Waals surface area contributed by atoms with Crippen molar-refractivity contribution in [3.63, 3.8) is 0 Å². The Morgan fingerprint density at radius 3 is 2.52 bits per heavy atom. The van der Waals surface area contributed by atoms with E-state index in [1.807, 2.05) is 0 Å². The number of aryl methyl sites for hydroxylation is 2. The van der Waals surface area contributed by atoms with Crippen LogP contribution in [-0.2, 0) is 0 Å². The van der Waals surface area contributed by atoms with Gasteiger partial charge in [-0.25, -0.2) is 0 Å². The Hall–Kier alpha value is -1.12. The van der Waals surface area contributed by atoms with Gasteiger partial charge in [-0.3, -0.25) is 0 Å². The fourth-order valence-electron chi connectivity index (χ4n) is 2.65. The first-order chi connectivity index (χ1) is 10.0. The summed E-state index contributed by atoms with van der Waals surface area (Å²) in [5, 5.41) is 3.71. The SMILES string of the molecule is CCCNC(c1cc(C)ccc1Br)c1cccc(C)c1C. The van der Waals surface area contributed by atoms with Crippen LogP contribution in [0.1, 0.15) is 47.2 Å². The van der Waals surface area contributed by atoms with Crippen molar-refractivity contribution in [3.05, 3.63) is 68.7 Å². The highest BCUT2D eigenvalue weighted by Gasteiger charge is 2.18. The molecule has 1 nitrogen and oxygen atoms in total. The molecule has 21 heavy (non-hydrogen) atoms. The Morgan fingerprint density at radius 1 is 1.05 bits per heavy atom. The molecule has 0 fully saturated rings. The van der Waals surface area contributed by atoms with Gasteiger partial charge in [0, 0.05) is 4.47 Å². The third kappa shape index (κ3) is 3.75. The van der Waals surface area contributed by atoms with E-state index in [-0.39, 0.29) is 6.04 Å². The lowest BCUT2D eigenvalue weighted by Crippen LogP contribution is -2.24. The molecular formula is C19H24BrN. The van der Waals surface area contributed by atoms with Gasteiger partial charge < -0.3 is 5.32 Å². The Labute approximate surface area is 136 Å². The molecular weight excluding hydrogens is 322 g/mol. The van der Waals surface area contributed by atoms with Crippen molar-refractivity contribution in [2.45, 2.75) is 40.2 Å². The molecule has 0 amide bonds. The molecule has 1 atom stereocenters. The van der Waals surface area contributed by atoms with Gasteiger partial charge in [-0.15, -0.1) is 0 Å². The summed E-state index contributed by atoms with van der Waals surface area (Å²) in [7, 11) is 0. The standard InChI is InChI=1S/C19H24BrN/c1-5-11-21-19(16-8-6-7-14(3)15(16)4)17-12-13(2)9-10-18(17)20/h6-10,12,19,21H,5,11H2,1-4H3. The van der Waals surface area contributed by atoms with Gasteiger partial charge >= 0.3 is 0 Å². The largest absolute Gasteiger partial charge is 0.306 e. The van der Waals surface area contributed by atoms with E-state index in [4.69, 9.17) is 0 Å². The van der Waals surface area contributed by atoms with Gasteiger partial charge in [0.05, 0.1) is 6.04 Å². The summed E-state index contributed by atoms with van der Waals surface area (Å²) >= 11 is 3.72. The van der Waals surface area contributed by atoms with Crippen LogP contribution >= 0.6 is 15.9 Å². The molecule has 112 valence electrons. The van der Waals surface area contributed by atoms with Gasteiger partial charge in [-0.1, -0.05) is 58.7 Å². The number of hydrogen-bond donors (Lipinski definition) is 1. The Bertz CT molecular complexity index is 617. The zero-order chi connectivity index (χ0) is 15.4. The van der Waals surface area contributed by atoms with Crippen LogP contribution in [0.15, 0.2) is 40.9 Å². The molecule has 2 heteroatoms. The predicted molar refractivity (Wildman–Crippen MR) is 94.9 cm³/mol. The fourth-order valence-corrected chi connectivity index (χ4v) is 3.12. The van der Waals surface area contributed by atoms with E-state index < -0.39 is 0 Å². The van der Waals surface area contributed by atoms with E-state index in [9.17, 15) is 0 Å². The summed E-state index contributed by atoms with van der Waals surface area (Å²) in [5.41, 5.74) is 6.70. The normalized spacial score (nSPS) is 12.4. The monoisotopic (exact) mass is 345 g/mol. The van der Waals surface area contributed by atoms with E-state index in [0.717, 1.165) is 13.0 Å². The molecule has 0 heterocycles. The predicted octanol–water partition coefficient (Wildman–Crippen LogP) is 5.46. The van der Waals surface area contributed by atoms with Crippen LogP contribution in [0.25, 0.3) is 0 Å². The number of nitrogens with one attached hydrogen (secondary N) is 1. The maximum Gasteiger partial charge on any atom is 0.0590 e. The minimum atomic E-state index is 0.235. The van der Waals surface area contributed by atoms with Crippen molar-refractivity contribution in [2.75, 3.05) is 6.54 Å². The number of halogens is 1. The van der Waals surface area contributed by atoms with Gasteiger partial charge in [0.25, 0.3) is 0 Å². The summed E-state index contributed by atoms with van der Waals surface area (Å²) in [5.74, 6) is 0. The smallest absolute Gasteiger partial charge is 0.0590 e. The number of rotatable bonds is 5. The molecule has 1 N–H and O–H groups in total. The first-order valence-electron chi connectivity index (χ1n) is 7.60. The highest BCUT2D eigenvalue weighted by atomic mass is 79.9. The third-order valence-electron chi connectivity index (χ3n) is 4.02. The second kappa shape index (κ2) is 7.24. The molecule has 0 aliphatic carbocycles. The third-order valence-corrected chi connectivity index (χ3v) is 4.74. The summed E-state index contributed by atoms with van der Waals surface area (Å²) in [6, 6.07) is 13.4. The molecule has 0 aliphatic heterocycles. The first kappa shape index (κ1) is 16.3. The maximum atomic E-state index is 3.72. The highest BCUT2D eigenvalue weighted by Crippen LogP contribution is 2.32. The molecule has 0 spiro atoms. The van der Waals surface area contributed by atoms with Gasteiger partial charge in [-0.05, 0) is 62.1 Å². The van der Waals surface area contributed by atoms with Gasteiger partial charge in [-0.2, -0.15) is 0 Å². The quantitative estimate of drug-likeness (QED) is 0.758. The van der Waals surface area contributed by atoms with Crippen molar-refractivity contribution in [1.82, 2.24) is 5.32 Å². The van der Waals surface area contributed by atoms with Crippen molar-refractivity contribution >= 4 is 15.9 Å². The second-order valence-corrected chi connectivity index (χ2v) is 6.56. The Kier molecular flexibility index (Phi) is 5.60. The van der Waals surface area contributed by atoms with Crippen LogP contribution in [0.3, 0.4) is 0 Å². The van der Waals surface area contributed by atoms with Crippen molar-refractivity contribution in [2.24, 2.45) is 0 Å². The maximum absolute atomic E-state index is 3.72. The summed E-state index contributed by atoms with van der Waals surface area (Å²) in [6.45, 7) is 9.77. The highest BCUT2D eigenvalue weighted by molar-refractivity contribution is 9.10. The zero-order valence-electron chi connectivity index (χ0n) is 13.3. The van der Waals surface area contributed by atoms with E-state index >= 15 is 0 Å². The van der Waals surface area contributed by atoms with Crippen LogP contribution in [0.4, 0.5) is 0 Å². The molecule has 0 saturated heterocycles. The van der Waals surface area contributed by atoms with Crippen molar-refractivity contribution < 1.29 is 0 Å². The van der Waals surface area contributed by atoms with E-state index in [0.29, 0.717) is 0 Å². The minimum Gasteiger partial charge on any atom is -0.306 e. The summed E-state index contributed by atoms with van der Waals surface area (Å²) in [6.07, 6.45) is 1.13. The van der Waals surface area contributed by atoms with E-state index in [1.54, 1.807) is 0 Å². The lowest BCUT2D eigenvalue weighted by Gasteiger charge is -2.24. The Balaban J connectivity index is 2.52. The number of benzene rings is 2. The topological polar surface area (TPSA) is 12.0 Å². The van der Waals surface area contributed by atoms with Gasteiger partial charge in [0.2, 0.25) is 0 Å². The molecule has 2 aromatic carbocycles. The van der Waals surface area contributed by atoms with Crippen LogP contribution in [-0.4, -0.2) is 6.54 Å². The number of hydrogen-bond acceptors (Lipinski definition) is 1. The molecule has 2 aromatic rings. The van der Waals surface area contributed by atoms with Crippen LogP contribution in [0, 0.1) is 20.8 Å². The average molecular weight is 346 g/mol. The van der Waals surface area contributed by atoms with E-state index in [1.165, 1.54) is 32.3 Å². The van der Waals surface area contributed by atoms with E-state index in [2.05, 4.69) is 85.3 Å². The van der Waals surface area contributed by atoms with Gasteiger partial charge in [0.15, 0.2) is 0 Å². The lowest BCUT2D eigenvalue weighted by atomic mass is 9.92. The van der Waals surface area contributed by atoms with Gasteiger partial charge in [0.1, 0.15) is 0 Å². The average Bonchev–Trinajstić information content (AvgIpc) is 2.47. The zero-order valence-corrected chi connectivity index (χ0v) is 14.9. The Morgan fingerprint density at radius 2 is 1.81 bits per heavy atom. The summed E-state index contributed by atoms with van der Waals surface area (Å²) < 4.78 is 1.17.